The summed E-state index contributed by atoms with van der Waals surface area (Å²) < 4.78 is 2.20. The topological polar surface area (TPSA) is 25.2 Å². The molecule has 4 heteroatoms. The predicted molar refractivity (Wildman–Crippen MR) is 99.9 cm³/mol. The maximum atomic E-state index is 13.0. The molecule has 3 heterocycles. The fourth-order valence-electron chi connectivity index (χ4n) is 3.44. The van der Waals surface area contributed by atoms with Crippen molar-refractivity contribution < 1.29 is 4.79 Å². The molecule has 1 aromatic carbocycles. The average Bonchev–Trinajstić information content (AvgIpc) is 3.19. The van der Waals surface area contributed by atoms with Gasteiger partial charge >= 0.3 is 0 Å². The maximum Gasteiger partial charge on any atom is 0.270 e. The van der Waals surface area contributed by atoms with Crippen LogP contribution in [0, 0.1) is 6.92 Å². The zero-order valence-corrected chi connectivity index (χ0v) is 14.8. The molecule has 1 aliphatic heterocycles. The van der Waals surface area contributed by atoms with Crippen LogP contribution in [0.3, 0.4) is 0 Å². The third kappa shape index (κ3) is 2.86. The van der Waals surface area contributed by atoms with E-state index in [-0.39, 0.29) is 5.91 Å². The van der Waals surface area contributed by atoms with Gasteiger partial charge in [-0.15, -0.1) is 11.3 Å². The minimum absolute atomic E-state index is 0.185. The second-order valence-electron chi connectivity index (χ2n) is 6.64. The molecule has 0 aliphatic carbocycles. The number of rotatable bonds is 3. The van der Waals surface area contributed by atoms with Gasteiger partial charge in [0.2, 0.25) is 0 Å². The highest BCUT2D eigenvalue weighted by Crippen LogP contribution is 2.28. The number of hydrogen-bond donors (Lipinski definition) is 0. The third-order valence-electron chi connectivity index (χ3n) is 4.83. The molecule has 0 saturated carbocycles. The first kappa shape index (κ1) is 15.5. The maximum absolute atomic E-state index is 13.0. The Morgan fingerprint density at radius 3 is 2.58 bits per heavy atom. The van der Waals surface area contributed by atoms with Crippen LogP contribution in [0.2, 0.25) is 0 Å². The van der Waals surface area contributed by atoms with Crippen LogP contribution in [0.5, 0.6) is 0 Å². The molecule has 1 amide bonds. The highest BCUT2D eigenvalue weighted by molar-refractivity contribution is 7.16. The smallest absolute Gasteiger partial charge is 0.270 e. The molecule has 24 heavy (non-hydrogen) atoms. The monoisotopic (exact) mass is 338 g/mol. The molecule has 0 atom stereocenters. The first-order chi connectivity index (χ1) is 11.7. The Kier molecular flexibility index (Phi) is 4.15. The van der Waals surface area contributed by atoms with Crippen molar-refractivity contribution >= 4 is 27.5 Å². The summed E-state index contributed by atoms with van der Waals surface area (Å²) in [5, 5.41) is 3.28. The van der Waals surface area contributed by atoms with E-state index < -0.39 is 0 Å². The van der Waals surface area contributed by atoms with Crippen molar-refractivity contribution in [1.82, 2.24) is 9.47 Å². The second-order valence-corrected chi connectivity index (χ2v) is 7.53. The number of nitrogens with zero attached hydrogens (tertiary/aromatic N) is 2. The lowest BCUT2D eigenvalue weighted by atomic mass is 10.1. The van der Waals surface area contributed by atoms with Crippen molar-refractivity contribution in [2.75, 3.05) is 13.1 Å². The fraction of sp³-hybridized carbons (Fsp3) is 0.350. The zero-order chi connectivity index (χ0) is 16.5. The van der Waals surface area contributed by atoms with Crippen LogP contribution in [-0.2, 0) is 6.54 Å². The summed E-state index contributed by atoms with van der Waals surface area (Å²) in [6.45, 7) is 4.63. The van der Waals surface area contributed by atoms with Gasteiger partial charge in [-0.25, -0.2) is 0 Å². The molecule has 0 N–H and O–H groups in total. The highest BCUT2D eigenvalue weighted by atomic mass is 32.1. The van der Waals surface area contributed by atoms with E-state index in [1.807, 2.05) is 4.90 Å². The molecule has 0 radical (unpaired) electrons. The molecule has 2 aromatic heterocycles. The highest BCUT2D eigenvalue weighted by Gasteiger charge is 2.23. The van der Waals surface area contributed by atoms with Gasteiger partial charge in [0.25, 0.3) is 5.91 Å². The van der Waals surface area contributed by atoms with E-state index in [0.717, 1.165) is 38.2 Å². The zero-order valence-electron chi connectivity index (χ0n) is 14.0. The van der Waals surface area contributed by atoms with Crippen molar-refractivity contribution in [3.63, 3.8) is 0 Å². The molecule has 3 nitrogen and oxygen atoms in total. The number of likely N-dealkylation sites (tertiary alicyclic amines) is 1. The Balaban J connectivity index is 1.71. The number of aryl methyl sites for hydroxylation is 1. The molecule has 3 aromatic rings. The molecule has 1 saturated heterocycles. The minimum Gasteiger partial charge on any atom is -0.337 e. The van der Waals surface area contributed by atoms with E-state index in [9.17, 15) is 4.79 Å². The van der Waals surface area contributed by atoms with Gasteiger partial charge in [0.15, 0.2) is 0 Å². The standard InChI is InChI=1S/C20H22N2OS/c1-15-5-7-16(8-6-15)14-22-18(13-17-9-12-24-20(17)22)19(23)21-10-3-2-4-11-21/h5-9,12-13H,2-4,10-11,14H2,1H3. The summed E-state index contributed by atoms with van der Waals surface area (Å²) >= 11 is 1.71. The van der Waals surface area contributed by atoms with Crippen LogP contribution in [-0.4, -0.2) is 28.5 Å². The Labute approximate surface area is 146 Å². The van der Waals surface area contributed by atoms with Crippen LogP contribution in [0.4, 0.5) is 0 Å². The molecule has 0 unspecified atom stereocenters. The molecule has 124 valence electrons. The lowest BCUT2D eigenvalue weighted by molar-refractivity contribution is 0.0714. The lowest BCUT2D eigenvalue weighted by Crippen LogP contribution is -2.36. The van der Waals surface area contributed by atoms with Gasteiger partial charge < -0.3 is 9.47 Å². The van der Waals surface area contributed by atoms with E-state index in [1.165, 1.54) is 27.8 Å². The van der Waals surface area contributed by atoms with Crippen molar-refractivity contribution in [3.8, 4) is 0 Å². The summed E-state index contributed by atoms with van der Waals surface area (Å²) in [5.74, 6) is 0.185. The molecule has 0 spiro atoms. The van der Waals surface area contributed by atoms with E-state index in [2.05, 4.69) is 53.3 Å². The first-order valence-electron chi connectivity index (χ1n) is 8.64. The van der Waals surface area contributed by atoms with Gasteiger partial charge in [-0.05, 0) is 49.3 Å². The number of fused-ring (bicyclic) bond motifs is 1. The fourth-order valence-corrected chi connectivity index (χ4v) is 4.34. The second kappa shape index (κ2) is 6.44. The van der Waals surface area contributed by atoms with E-state index >= 15 is 0 Å². The van der Waals surface area contributed by atoms with Gasteiger partial charge in [-0.1, -0.05) is 29.8 Å². The first-order valence-corrected chi connectivity index (χ1v) is 9.52. The van der Waals surface area contributed by atoms with Crippen LogP contribution in [0.25, 0.3) is 10.2 Å². The van der Waals surface area contributed by atoms with E-state index in [4.69, 9.17) is 0 Å². The number of carbonyl (C=O) groups excluding carboxylic acids is 1. The number of thiophene rings is 1. The summed E-state index contributed by atoms with van der Waals surface area (Å²) in [4.78, 5) is 16.3. The van der Waals surface area contributed by atoms with Crippen LogP contribution in [0.1, 0.15) is 40.9 Å². The Morgan fingerprint density at radius 2 is 1.83 bits per heavy atom. The van der Waals surface area contributed by atoms with E-state index in [0.29, 0.717) is 0 Å². The number of aromatic nitrogens is 1. The SMILES string of the molecule is Cc1ccc(Cn2c(C(=O)N3CCCCC3)cc3ccsc32)cc1. The van der Waals surface area contributed by atoms with Crippen molar-refractivity contribution in [1.29, 1.82) is 0 Å². The molecule has 4 rings (SSSR count). The Hall–Kier alpha value is -2.07. The van der Waals surface area contributed by atoms with Gasteiger partial charge in [-0.3, -0.25) is 4.79 Å². The van der Waals surface area contributed by atoms with Crippen molar-refractivity contribution in [2.45, 2.75) is 32.7 Å². The molecular weight excluding hydrogens is 316 g/mol. The molecule has 1 aliphatic rings. The van der Waals surface area contributed by atoms with Crippen LogP contribution < -0.4 is 0 Å². The van der Waals surface area contributed by atoms with Gasteiger partial charge in [0, 0.05) is 25.0 Å². The van der Waals surface area contributed by atoms with E-state index in [1.54, 1.807) is 11.3 Å². The molecule has 0 bridgehead atoms. The van der Waals surface area contributed by atoms with Gasteiger partial charge in [0.05, 0.1) is 0 Å². The normalized spacial score (nSPS) is 15.1. The van der Waals surface area contributed by atoms with Gasteiger partial charge in [0.1, 0.15) is 10.5 Å². The molecule has 1 fully saturated rings. The summed E-state index contributed by atoms with van der Waals surface area (Å²) in [6.07, 6.45) is 3.49. The van der Waals surface area contributed by atoms with Gasteiger partial charge in [-0.2, -0.15) is 0 Å². The number of carbonyl (C=O) groups is 1. The number of benzene rings is 1. The van der Waals surface area contributed by atoms with Crippen LogP contribution in [0.15, 0.2) is 41.8 Å². The largest absolute Gasteiger partial charge is 0.337 e. The lowest BCUT2D eigenvalue weighted by Gasteiger charge is -2.27. The third-order valence-corrected chi connectivity index (χ3v) is 5.78. The average molecular weight is 338 g/mol. The van der Waals surface area contributed by atoms with Crippen molar-refractivity contribution in [2.24, 2.45) is 0 Å². The number of piperidine rings is 1. The summed E-state index contributed by atoms with van der Waals surface area (Å²) in [7, 11) is 0. The predicted octanol–water partition coefficient (Wildman–Crippen LogP) is 4.69. The Morgan fingerprint density at radius 1 is 1.08 bits per heavy atom. The Bertz CT molecular complexity index is 854. The summed E-state index contributed by atoms with van der Waals surface area (Å²) in [5.41, 5.74) is 3.33. The summed E-state index contributed by atoms with van der Waals surface area (Å²) in [6, 6.07) is 12.8. The molecular formula is C20H22N2OS. The minimum atomic E-state index is 0.185. The quantitative estimate of drug-likeness (QED) is 0.680. The van der Waals surface area contributed by atoms with Crippen molar-refractivity contribution in [3.05, 3.63) is 58.6 Å². The van der Waals surface area contributed by atoms with Crippen LogP contribution >= 0.6 is 11.3 Å². The number of hydrogen-bond acceptors (Lipinski definition) is 2. The number of amides is 1.